The van der Waals surface area contributed by atoms with Crippen molar-refractivity contribution in [3.8, 4) is 0 Å². The highest BCUT2D eigenvalue weighted by molar-refractivity contribution is 7.09. The summed E-state index contributed by atoms with van der Waals surface area (Å²) in [7, 11) is 0. The van der Waals surface area contributed by atoms with E-state index in [1.54, 1.807) is 11.3 Å². The van der Waals surface area contributed by atoms with E-state index >= 15 is 0 Å². The molecule has 1 saturated heterocycles. The number of nitrogens with zero attached hydrogens (tertiary/aromatic N) is 2. The lowest BCUT2D eigenvalue weighted by atomic mass is 9.98. The number of thiazole rings is 1. The Kier molecular flexibility index (Phi) is 4.99. The van der Waals surface area contributed by atoms with Crippen molar-refractivity contribution in [1.82, 2.24) is 15.2 Å². The Morgan fingerprint density at radius 3 is 2.87 bits per heavy atom. The summed E-state index contributed by atoms with van der Waals surface area (Å²) in [4.78, 5) is 30.6. The lowest BCUT2D eigenvalue weighted by Gasteiger charge is -2.32. The normalized spacial score (nSPS) is 21.5. The number of aromatic nitrogens is 1. The Hall–Kier alpha value is -1.43. The standard InChI is InChI=1S/C17H25N3O2S/c1-11(2)15(21)18-8-14-10-23-16(19-14)13-4-3-7-20(9-13)17(22)12-5-6-12/h10-13H,3-9H2,1-2H3,(H,18,21). The van der Waals surface area contributed by atoms with E-state index in [4.69, 9.17) is 0 Å². The number of piperidine rings is 1. The van der Waals surface area contributed by atoms with Gasteiger partial charge in [-0.05, 0) is 25.7 Å². The minimum atomic E-state index is -0.00607. The van der Waals surface area contributed by atoms with Gasteiger partial charge in [0, 0.05) is 36.2 Å². The topological polar surface area (TPSA) is 62.3 Å². The minimum Gasteiger partial charge on any atom is -0.350 e. The molecule has 1 aromatic heterocycles. The van der Waals surface area contributed by atoms with Crippen LogP contribution in [0.1, 0.15) is 56.2 Å². The molecular weight excluding hydrogens is 310 g/mol. The number of hydrogen-bond donors (Lipinski definition) is 1. The summed E-state index contributed by atoms with van der Waals surface area (Å²) >= 11 is 1.65. The third-order valence-electron chi connectivity index (χ3n) is 4.55. The summed E-state index contributed by atoms with van der Waals surface area (Å²) in [6.45, 7) is 5.96. The molecule has 6 heteroatoms. The quantitative estimate of drug-likeness (QED) is 0.899. The number of amides is 2. The van der Waals surface area contributed by atoms with E-state index in [9.17, 15) is 9.59 Å². The zero-order chi connectivity index (χ0) is 16.4. The minimum absolute atomic E-state index is 0.00607. The van der Waals surface area contributed by atoms with E-state index in [1.165, 1.54) is 0 Å². The molecule has 0 bridgehead atoms. The molecule has 2 amide bonds. The van der Waals surface area contributed by atoms with Crippen LogP contribution in [0.5, 0.6) is 0 Å². The summed E-state index contributed by atoms with van der Waals surface area (Å²) < 4.78 is 0. The van der Waals surface area contributed by atoms with Crippen LogP contribution < -0.4 is 5.32 Å². The molecule has 1 atom stereocenters. The Morgan fingerprint density at radius 2 is 2.17 bits per heavy atom. The molecule has 2 fully saturated rings. The first-order valence-corrected chi connectivity index (χ1v) is 9.43. The molecule has 3 rings (SSSR count). The van der Waals surface area contributed by atoms with Gasteiger partial charge in [0.25, 0.3) is 0 Å². The van der Waals surface area contributed by atoms with Gasteiger partial charge in [-0.2, -0.15) is 0 Å². The van der Waals surface area contributed by atoms with Gasteiger partial charge < -0.3 is 10.2 Å². The van der Waals surface area contributed by atoms with Crippen molar-refractivity contribution >= 4 is 23.2 Å². The van der Waals surface area contributed by atoms with Crippen LogP contribution in [-0.4, -0.2) is 34.8 Å². The van der Waals surface area contributed by atoms with Crippen LogP contribution >= 0.6 is 11.3 Å². The van der Waals surface area contributed by atoms with Crippen LogP contribution in [0.25, 0.3) is 0 Å². The second-order valence-electron chi connectivity index (χ2n) is 6.95. The molecule has 126 valence electrons. The molecule has 0 aromatic carbocycles. The van der Waals surface area contributed by atoms with Gasteiger partial charge >= 0.3 is 0 Å². The SMILES string of the molecule is CC(C)C(=O)NCc1csc(C2CCCN(C(=O)C3CC3)C2)n1. The van der Waals surface area contributed by atoms with Crippen molar-refractivity contribution in [2.24, 2.45) is 11.8 Å². The summed E-state index contributed by atoms with van der Waals surface area (Å²) in [5.74, 6) is 1.04. The van der Waals surface area contributed by atoms with Gasteiger partial charge in [-0.25, -0.2) is 4.98 Å². The van der Waals surface area contributed by atoms with Gasteiger partial charge in [0.1, 0.15) is 0 Å². The fraction of sp³-hybridized carbons (Fsp3) is 0.706. The molecule has 1 unspecified atom stereocenters. The van der Waals surface area contributed by atoms with E-state index in [0.717, 1.165) is 49.5 Å². The number of nitrogens with one attached hydrogen (secondary N) is 1. The van der Waals surface area contributed by atoms with Crippen molar-refractivity contribution < 1.29 is 9.59 Å². The summed E-state index contributed by atoms with van der Waals surface area (Å²) in [5, 5.41) is 6.03. The molecule has 0 radical (unpaired) electrons. The largest absolute Gasteiger partial charge is 0.350 e. The lowest BCUT2D eigenvalue weighted by molar-refractivity contribution is -0.133. The van der Waals surface area contributed by atoms with Crippen LogP contribution in [0, 0.1) is 11.8 Å². The molecule has 1 aliphatic heterocycles. The predicted octanol–water partition coefficient (Wildman–Crippen LogP) is 2.53. The molecule has 23 heavy (non-hydrogen) atoms. The lowest BCUT2D eigenvalue weighted by Crippen LogP contribution is -2.39. The van der Waals surface area contributed by atoms with Crippen LogP contribution in [0.2, 0.25) is 0 Å². The van der Waals surface area contributed by atoms with Crippen LogP contribution in [-0.2, 0) is 16.1 Å². The first-order chi connectivity index (χ1) is 11.0. The van der Waals surface area contributed by atoms with Crippen LogP contribution in [0.15, 0.2) is 5.38 Å². The van der Waals surface area contributed by atoms with Crippen LogP contribution in [0.4, 0.5) is 0 Å². The van der Waals surface area contributed by atoms with E-state index in [1.807, 2.05) is 24.1 Å². The first-order valence-electron chi connectivity index (χ1n) is 8.55. The number of carbonyl (C=O) groups is 2. The van der Waals surface area contributed by atoms with Crippen molar-refractivity contribution in [2.75, 3.05) is 13.1 Å². The maximum Gasteiger partial charge on any atom is 0.225 e. The maximum atomic E-state index is 12.2. The average Bonchev–Trinajstić information content (AvgIpc) is 3.30. The first kappa shape index (κ1) is 16.4. The Labute approximate surface area is 141 Å². The van der Waals surface area contributed by atoms with Gasteiger partial charge in [-0.3, -0.25) is 9.59 Å². The van der Waals surface area contributed by atoms with Gasteiger partial charge in [0.05, 0.1) is 17.2 Å². The van der Waals surface area contributed by atoms with Gasteiger partial charge in [-0.1, -0.05) is 13.8 Å². The number of hydrogen-bond acceptors (Lipinski definition) is 4. The van der Waals surface area contributed by atoms with Crippen LogP contribution in [0.3, 0.4) is 0 Å². The zero-order valence-corrected chi connectivity index (χ0v) is 14.7. The molecular formula is C17H25N3O2S. The van der Waals surface area contributed by atoms with Crippen molar-refractivity contribution in [1.29, 1.82) is 0 Å². The van der Waals surface area contributed by atoms with Gasteiger partial charge in [0.15, 0.2) is 0 Å². The molecule has 2 aliphatic rings. The van der Waals surface area contributed by atoms with E-state index < -0.39 is 0 Å². The van der Waals surface area contributed by atoms with E-state index in [2.05, 4.69) is 10.3 Å². The molecule has 1 N–H and O–H groups in total. The Balaban J connectivity index is 1.56. The van der Waals surface area contributed by atoms with Crippen molar-refractivity contribution in [2.45, 2.75) is 52.0 Å². The summed E-state index contributed by atoms with van der Waals surface area (Å²) in [6, 6.07) is 0. The monoisotopic (exact) mass is 335 g/mol. The van der Waals surface area contributed by atoms with Gasteiger partial charge in [-0.15, -0.1) is 11.3 Å². The van der Waals surface area contributed by atoms with E-state index in [-0.39, 0.29) is 11.8 Å². The van der Waals surface area contributed by atoms with Gasteiger partial charge in [0.2, 0.25) is 11.8 Å². The highest BCUT2D eigenvalue weighted by atomic mass is 32.1. The zero-order valence-electron chi connectivity index (χ0n) is 13.9. The molecule has 0 spiro atoms. The Bertz CT molecular complexity index is 580. The van der Waals surface area contributed by atoms with E-state index in [0.29, 0.717) is 24.3 Å². The fourth-order valence-corrected chi connectivity index (χ4v) is 3.89. The van der Waals surface area contributed by atoms with Crippen molar-refractivity contribution in [3.63, 3.8) is 0 Å². The summed E-state index contributed by atoms with van der Waals surface area (Å²) in [5.41, 5.74) is 0.921. The summed E-state index contributed by atoms with van der Waals surface area (Å²) in [6.07, 6.45) is 4.29. The molecule has 5 nitrogen and oxygen atoms in total. The Morgan fingerprint density at radius 1 is 1.39 bits per heavy atom. The number of likely N-dealkylation sites (tertiary alicyclic amines) is 1. The molecule has 1 aliphatic carbocycles. The maximum absolute atomic E-state index is 12.2. The molecule has 1 saturated carbocycles. The third kappa shape index (κ3) is 4.10. The molecule has 1 aromatic rings. The highest BCUT2D eigenvalue weighted by Gasteiger charge is 2.36. The number of rotatable bonds is 5. The second kappa shape index (κ2) is 6.99. The highest BCUT2D eigenvalue weighted by Crippen LogP contribution is 2.35. The predicted molar refractivity (Wildman–Crippen MR) is 90.1 cm³/mol. The average molecular weight is 335 g/mol. The third-order valence-corrected chi connectivity index (χ3v) is 5.60. The number of carbonyl (C=O) groups excluding carboxylic acids is 2. The smallest absolute Gasteiger partial charge is 0.225 e. The second-order valence-corrected chi connectivity index (χ2v) is 7.84. The van der Waals surface area contributed by atoms with Crippen molar-refractivity contribution in [3.05, 3.63) is 16.1 Å². The fourth-order valence-electron chi connectivity index (χ4n) is 2.94. The molecule has 2 heterocycles.